The van der Waals surface area contributed by atoms with E-state index in [1.54, 1.807) is 0 Å². The summed E-state index contributed by atoms with van der Waals surface area (Å²) in [5.41, 5.74) is 0.0485. The summed E-state index contributed by atoms with van der Waals surface area (Å²) in [5.74, 6) is 0.160. The van der Waals surface area contributed by atoms with E-state index in [2.05, 4.69) is 18.5 Å². The lowest BCUT2D eigenvalue weighted by molar-refractivity contribution is -0.137. The minimum atomic E-state index is -4.38. The summed E-state index contributed by atoms with van der Waals surface area (Å²) < 4.78 is 42.3. The van der Waals surface area contributed by atoms with E-state index >= 15 is 0 Å². The van der Waals surface area contributed by atoms with Crippen molar-refractivity contribution in [3.05, 3.63) is 48.4 Å². The fraction of sp³-hybridized carbons (Fsp3) is 0.167. The predicted molar refractivity (Wildman–Crippen MR) is 61.3 cm³/mol. The number of rotatable bonds is 4. The molecule has 0 fully saturated rings. The molecule has 1 aromatic carbocycles. The molecule has 0 radical (unpaired) electrons. The second kappa shape index (κ2) is 4.95. The second-order valence-corrected chi connectivity index (χ2v) is 3.26. The Morgan fingerprint density at radius 3 is 2.53 bits per heavy atom. The molecule has 0 atom stereocenters. The summed E-state index contributed by atoms with van der Waals surface area (Å²) in [6.45, 7) is 7.01. The Morgan fingerprint density at radius 1 is 1.41 bits per heavy atom. The van der Waals surface area contributed by atoms with Crippen LogP contribution in [0.4, 0.5) is 18.9 Å². The van der Waals surface area contributed by atoms with E-state index < -0.39 is 11.7 Å². The van der Waals surface area contributed by atoms with E-state index in [-0.39, 0.29) is 11.6 Å². The zero-order valence-electron chi connectivity index (χ0n) is 9.27. The molecule has 0 saturated heterocycles. The fourth-order valence-electron chi connectivity index (χ4n) is 1.22. The molecular formula is C12H12F3NO. The molecule has 2 nitrogen and oxygen atoms in total. The van der Waals surface area contributed by atoms with Crippen LogP contribution in [0, 0.1) is 0 Å². The lowest BCUT2D eigenvalue weighted by Crippen LogP contribution is -2.07. The number of alkyl halides is 3. The Morgan fingerprint density at radius 2 is 2.06 bits per heavy atom. The van der Waals surface area contributed by atoms with Gasteiger partial charge < -0.3 is 10.1 Å². The van der Waals surface area contributed by atoms with Crippen LogP contribution >= 0.6 is 0 Å². The van der Waals surface area contributed by atoms with Crippen LogP contribution in [0.25, 0.3) is 6.08 Å². The molecule has 5 heteroatoms. The van der Waals surface area contributed by atoms with Crippen LogP contribution in [0.2, 0.25) is 0 Å². The fourth-order valence-corrected chi connectivity index (χ4v) is 1.22. The maximum Gasteiger partial charge on any atom is 0.416 e. The van der Waals surface area contributed by atoms with Gasteiger partial charge in [0.25, 0.3) is 0 Å². The third kappa shape index (κ3) is 3.27. The van der Waals surface area contributed by atoms with Crippen molar-refractivity contribution in [2.45, 2.75) is 6.18 Å². The van der Waals surface area contributed by atoms with Crippen LogP contribution in [0.15, 0.2) is 37.2 Å². The molecule has 0 spiro atoms. The van der Waals surface area contributed by atoms with Gasteiger partial charge in [0.05, 0.1) is 12.7 Å². The number of methoxy groups -OCH3 is 1. The van der Waals surface area contributed by atoms with Crippen LogP contribution < -0.4 is 5.32 Å². The summed E-state index contributed by atoms with van der Waals surface area (Å²) >= 11 is 0. The molecular weight excluding hydrogens is 231 g/mol. The molecule has 1 rings (SSSR count). The Labute approximate surface area is 97.4 Å². The number of hydrogen-bond donors (Lipinski definition) is 1. The molecule has 0 aliphatic heterocycles. The van der Waals surface area contributed by atoms with Gasteiger partial charge in [0, 0.05) is 5.69 Å². The molecule has 0 aromatic heterocycles. The molecule has 0 saturated carbocycles. The lowest BCUT2D eigenvalue weighted by Gasteiger charge is -2.14. The summed E-state index contributed by atoms with van der Waals surface area (Å²) in [5, 5.41) is 2.64. The van der Waals surface area contributed by atoms with Gasteiger partial charge >= 0.3 is 6.18 Å². The van der Waals surface area contributed by atoms with Crippen molar-refractivity contribution < 1.29 is 17.9 Å². The zero-order chi connectivity index (χ0) is 13.1. The number of hydrogen-bond acceptors (Lipinski definition) is 2. The molecule has 0 amide bonds. The van der Waals surface area contributed by atoms with Gasteiger partial charge in [-0.3, -0.25) is 0 Å². The molecule has 17 heavy (non-hydrogen) atoms. The maximum atomic E-state index is 12.5. The topological polar surface area (TPSA) is 21.3 Å². The van der Waals surface area contributed by atoms with Crippen molar-refractivity contribution >= 4 is 11.8 Å². The number of anilines is 1. The predicted octanol–water partition coefficient (Wildman–Crippen LogP) is 3.88. The van der Waals surface area contributed by atoms with Gasteiger partial charge in [-0.15, -0.1) is 0 Å². The zero-order valence-corrected chi connectivity index (χ0v) is 9.27. The quantitative estimate of drug-likeness (QED) is 0.810. The molecule has 0 bridgehead atoms. The van der Waals surface area contributed by atoms with Crippen molar-refractivity contribution in [2.75, 3.05) is 12.4 Å². The minimum Gasteiger partial charge on any atom is -0.483 e. The maximum absolute atomic E-state index is 12.5. The number of halogens is 3. The van der Waals surface area contributed by atoms with Gasteiger partial charge in [0.1, 0.15) is 0 Å². The van der Waals surface area contributed by atoms with E-state index in [0.717, 1.165) is 12.1 Å². The SMILES string of the molecule is C=Cc1ccc(C(F)(F)F)cc1NC(=C)OC. The van der Waals surface area contributed by atoms with E-state index in [4.69, 9.17) is 4.74 Å². The van der Waals surface area contributed by atoms with Crippen molar-refractivity contribution in [1.29, 1.82) is 0 Å². The first kappa shape index (κ1) is 13.2. The minimum absolute atomic E-state index is 0.160. The van der Waals surface area contributed by atoms with Crippen LogP contribution in [-0.4, -0.2) is 7.11 Å². The monoisotopic (exact) mass is 243 g/mol. The van der Waals surface area contributed by atoms with Crippen molar-refractivity contribution in [3.8, 4) is 0 Å². The van der Waals surface area contributed by atoms with Crippen LogP contribution in [0.5, 0.6) is 0 Å². The number of benzene rings is 1. The number of nitrogens with one attached hydrogen (secondary N) is 1. The standard InChI is InChI=1S/C12H12F3NO/c1-4-9-5-6-10(12(13,14)15)7-11(9)16-8(2)17-3/h4-7,16H,1-2H2,3H3. The highest BCUT2D eigenvalue weighted by Gasteiger charge is 2.30. The van der Waals surface area contributed by atoms with Gasteiger partial charge in [0.2, 0.25) is 0 Å². The average molecular weight is 243 g/mol. The van der Waals surface area contributed by atoms with Crippen molar-refractivity contribution in [2.24, 2.45) is 0 Å². The summed E-state index contributed by atoms with van der Waals surface area (Å²) in [7, 11) is 1.37. The van der Waals surface area contributed by atoms with E-state index in [9.17, 15) is 13.2 Å². The lowest BCUT2D eigenvalue weighted by atomic mass is 10.1. The Bertz CT molecular complexity index is 438. The second-order valence-electron chi connectivity index (χ2n) is 3.26. The first-order valence-corrected chi connectivity index (χ1v) is 4.72. The number of ether oxygens (including phenoxy) is 1. The third-order valence-electron chi connectivity index (χ3n) is 2.12. The smallest absolute Gasteiger partial charge is 0.416 e. The van der Waals surface area contributed by atoms with Gasteiger partial charge in [0.15, 0.2) is 5.88 Å². The van der Waals surface area contributed by atoms with Crippen LogP contribution in [-0.2, 0) is 10.9 Å². The molecule has 0 unspecified atom stereocenters. The van der Waals surface area contributed by atoms with Crippen molar-refractivity contribution in [3.63, 3.8) is 0 Å². The van der Waals surface area contributed by atoms with E-state index in [1.807, 2.05) is 0 Å². The first-order chi connectivity index (χ1) is 7.88. The van der Waals surface area contributed by atoms with Gasteiger partial charge in [-0.2, -0.15) is 13.2 Å². The Kier molecular flexibility index (Phi) is 3.83. The third-order valence-corrected chi connectivity index (χ3v) is 2.12. The highest BCUT2D eigenvalue weighted by molar-refractivity contribution is 5.68. The summed E-state index contributed by atoms with van der Waals surface area (Å²) in [6, 6.07) is 3.32. The van der Waals surface area contributed by atoms with Gasteiger partial charge in [-0.1, -0.05) is 18.7 Å². The molecule has 0 aliphatic rings. The van der Waals surface area contributed by atoms with E-state index in [1.165, 1.54) is 19.3 Å². The van der Waals surface area contributed by atoms with Gasteiger partial charge in [-0.25, -0.2) is 0 Å². The largest absolute Gasteiger partial charge is 0.483 e. The highest BCUT2D eigenvalue weighted by atomic mass is 19.4. The summed E-state index contributed by atoms with van der Waals surface area (Å²) in [6.07, 6.45) is -2.93. The summed E-state index contributed by atoms with van der Waals surface area (Å²) in [4.78, 5) is 0. The molecule has 0 heterocycles. The molecule has 92 valence electrons. The van der Waals surface area contributed by atoms with E-state index in [0.29, 0.717) is 5.56 Å². The first-order valence-electron chi connectivity index (χ1n) is 4.72. The van der Waals surface area contributed by atoms with Crippen LogP contribution in [0.3, 0.4) is 0 Å². The Balaban J connectivity index is 3.15. The molecule has 1 N–H and O–H groups in total. The van der Waals surface area contributed by atoms with Crippen LogP contribution in [0.1, 0.15) is 11.1 Å². The normalized spacial score (nSPS) is 10.8. The average Bonchev–Trinajstić information content (AvgIpc) is 2.27. The molecule has 1 aromatic rings. The molecule has 0 aliphatic carbocycles. The highest BCUT2D eigenvalue weighted by Crippen LogP contribution is 2.32. The van der Waals surface area contributed by atoms with Crippen molar-refractivity contribution in [1.82, 2.24) is 0 Å². The Hall–Kier alpha value is -1.91. The van der Waals surface area contributed by atoms with Gasteiger partial charge in [-0.05, 0) is 24.3 Å².